The first-order valence-corrected chi connectivity index (χ1v) is 5.21. The van der Waals surface area contributed by atoms with Crippen LogP contribution in [0.15, 0.2) is 12.2 Å². The molecule has 0 radical (unpaired) electrons. The molecule has 1 aliphatic carbocycles. The van der Waals surface area contributed by atoms with Crippen LogP contribution in [0.2, 0.25) is 0 Å². The van der Waals surface area contributed by atoms with Gasteiger partial charge >= 0.3 is 11.9 Å². The summed E-state index contributed by atoms with van der Waals surface area (Å²) in [7, 11) is 0. The van der Waals surface area contributed by atoms with E-state index in [9.17, 15) is 9.59 Å². The standard InChI is InChI=1S/C11H16O4/c1-2-5-10(12)14-8-11(13)15-9-6-3-4-7-9/h2,5,9H,3-4,6-8H2,1H3/b5-2-. The minimum absolute atomic E-state index is 0.0259. The molecule has 0 aromatic heterocycles. The Balaban J connectivity index is 2.15. The van der Waals surface area contributed by atoms with E-state index in [0.717, 1.165) is 25.7 Å². The summed E-state index contributed by atoms with van der Waals surface area (Å²) < 4.78 is 9.75. The normalized spacial score (nSPS) is 16.9. The van der Waals surface area contributed by atoms with Crippen molar-refractivity contribution in [2.24, 2.45) is 0 Å². The molecule has 0 spiro atoms. The van der Waals surface area contributed by atoms with Crippen molar-refractivity contribution in [2.45, 2.75) is 38.7 Å². The van der Waals surface area contributed by atoms with Crippen LogP contribution in [0, 0.1) is 0 Å². The maximum absolute atomic E-state index is 11.2. The Morgan fingerprint density at radius 1 is 1.33 bits per heavy atom. The fraction of sp³-hybridized carbons (Fsp3) is 0.636. The van der Waals surface area contributed by atoms with E-state index in [2.05, 4.69) is 4.74 Å². The topological polar surface area (TPSA) is 52.6 Å². The molecule has 0 heterocycles. The molecule has 0 aliphatic heterocycles. The van der Waals surface area contributed by atoms with E-state index in [-0.39, 0.29) is 12.7 Å². The number of hydrogen-bond donors (Lipinski definition) is 0. The highest BCUT2D eigenvalue weighted by molar-refractivity contribution is 5.84. The van der Waals surface area contributed by atoms with Crippen LogP contribution in [0.1, 0.15) is 32.6 Å². The van der Waals surface area contributed by atoms with E-state index in [1.807, 2.05) is 0 Å². The zero-order chi connectivity index (χ0) is 11.1. The number of carbonyl (C=O) groups is 2. The predicted molar refractivity (Wildman–Crippen MR) is 54.1 cm³/mol. The first-order chi connectivity index (χ1) is 7.22. The molecule has 0 atom stereocenters. The first-order valence-electron chi connectivity index (χ1n) is 5.21. The maximum Gasteiger partial charge on any atom is 0.344 e. The number of rotatable bonds is 4. The third-order valence-electron chi connectivity index (χ3n) is 2.24. The number of hydrogen-bond acceptors (Lipinski definition) is 4. The Labute approximate surface area is 89.2 Å². The average molecular weight is 212 g/mol. The highest BCUT2D eigenvalue weighted by atomic mass is 16.6. The molecule has 0 N–H and O–H groups in total. The quantitative estimate of drug-likeness (QED) is 0.524. The van der Waals surface area contributed by atoms with E-state index in [1.165, 1.54) is 6.08 Å². The Morgan fingerprint density at radius 2 is 2.00 bits per heavy atom. The summed E-state index contributed by atoms with van der Waals surface area (Å²) in [4.78, 5) is 22.1. The molecule has 84 valence electrons. The molecule has 1 rings (SSSR count). The molecule has 1 fully saturated rings. The fourth-order valence-corrected chi connectivity index (χ4v) is 1.54. The van der Waals surface area contributed by atoms with Crippen molar-refractivity contribution in [3.63, 3.8) is 0 Å². The molecule has 4 nitrogen and oxygen atoms in total. The maximum atomic E-state index is 11.2. The predicted octanol–water partition coefficient (Wildman–Crippen LogP) is 1.59. The highest BCUT2D eigenvalue weighted by Crippen LogP contribution is 2.20. The molecule has 0 aromatic carbocycles. The molecule has 0 unspecified atom stereocenters. The van der Waals surface area contributed by atoms with Gasteiger partial charge in [-0.3, -0.25) is 0 Å². The van der Waals surface area contributed by atoms with Gasteiger partial charge in [0.25, 0.3) is 0 Å². The summed E-state index contributed by atoms with van der Waals surface area (Å²) in [5, 5.41) is 0. The monoisotopic (exact) mass is 212 g/mol. The van der Waals surface area contributed by atoms with Crippen LogP contribution in [0.5, 0.6) is 0 Å². The SMILES string of the molecule is C/C=C\C(=O)OCC(=O)OC1CCCC1. The van der Waals surface area contributed by atoms with Crippen molar-refractivity contribution >= 4 is 11.9 Å². The molecule has 4 heteroatoms. The molecule has 0 bridgehead atoms. The number of esters is 2. The van der Waals surface area contributed by atoms with Gasteiger partial charge in [-0.05, 0) is 32.6 Å². The van der Waals surface area contributed by atoms with Gasteiger partial charge in [0.2, 0.25) is 0 Å². The highest BCUT2D eigenvalue weighted by Gasteiger charge is 2.19. The van der Waals surface area contributed by atoms with Crippen LogP contribution in [0.3, 0.4) is 0 Å². The molecular weight excluding hydrogens is 196 g/mol. The molecule has 15 heavy (non-hydrogen) atoms. The van der Waals surface area contributed by atoms with Crippen molar-refractivity contribution in [1.29, 1.82) is 0 Å². The zero-order valence-electron chi connectivity index (χ0n) is 8.90. The van der Waals surface area contributed by atoms with Gasteiger partial charge in [0.15, 0.2) is 6.61 Å². The van der Waals surface area contributed by atoms with Gasteiger partial charge in [-0.15, -0.1) is 0 Å². The van der Waals surface area contributed by atoms with Gasteiger partial charge in [-0.25, -0.2) is 9.59 Å². The summed E-state index contributed by atoms with van der Waals surface area (Å²) in [6, 6.07) is 0. The third kappa shape index (κ3) is 4.63. The van der Waals surface area contributed by atoms with Crippen molar-refractivity contribution < 1.29 is 19.1 Å². The Morgan fingerprint density at radius 3 is 2.60 bits per heavy atom. The second-order valence-corrected chi connectivity index (χ2v) is 3.50. The first kappa shape index (κ1) is 11.8. The number of allylic oxidation sites excluding steroid dienone is 1. The van der Waals surface area contributed by atoms with Gasteiger partial charge in [0.05, 0.1) is 0 Å². The summed E-state index contributed by atoms with van der Waals surface area (Å²) in [6.45, 7) is 1.41. The fourth-order valence-electron chi connectivity index (χ4n) is 1.54. The van der Waals surface area contributed by atoms with Gasteiger partial charge in [0, 0.05) is 6.08 Å². The molecule has 0 saturated heterocycles. The van der Waals surface area contributed by atoms with Crippen LogP contribution in [0.4, 0.5) is 0 Å². The van der Waals surface area contributed by atoms with E-state index >= 15 is 0 Å². The molecular formula is C11H16O4. The second kappa shape index (κ2) is 6.22. The lowest BCUT2D eigenvalue weighted by Crippen LogP contribution is -2.20. The van der Waals surface area contributed by atoms with Crippen molar-refractivity contribution in [3.8, 4) is 0 Å². The van der Waals surface area contributed by atoms with Gasteiger partial charge < -0.3 is 9.47 Å². The van der Waals surface area contributed by atoms with Crippen LogP contribution < -0.4 is 0 Å². The van der Waals surface area contributed by atoms with Crippen LogP contribution in [-0.2, 0) is 19.1 Å². The van der Waals surface area contributed by atoms with Crippen LogP contribution in [-0.4, -0.2) is 24.6 Å². The van der Waals surface area contributed by atoms with E-state index < -0.39 is 11.9 Å². The lowest BCUT2D eigenvalue weighted by atomic mass is 10.3. The number of carbonyl (C=O) groups excluding carboxylic acids is 2. The smallest absolute Gasteiger partial charge is 0.344 e. The summed E-state index contributed by atoms with van der Waals surface area (Å²) >= 11 is 0. The number of ether oxygens (including phenoxy) is 2. The van der Waals surface area contributed by atoms with Gasteiger partial charge in [-0.1, -0.05) is 6.08 Å². The van der Waals surface area contributed by atoms with Crippen molar-refractivity contribution in [1.82, 2.24) is 0 Å². The Kier molecular flexibility index (Phi) is 4.87. The minimum atomic E-state index is -0.513. The van der Waals surface area contributed by atoms with Crippen molar-refractivity contribution in [2.75, 3.05) is 6.61 Å². The molecule has 0 amide bonds. The second-order valence-electron chi connectivity index (χ2n) is 3.50. The molecule has 1 aliphatic rings. The lowest BCUT2D eigenvalue weighted by molar-refractivity contribution is -0.159. The van der Waals surface area contributed by atoms with E-state index in [4.69, 9.17) is 4.74 Å². The third-order valence-corrected chi connectivity index (χ3v) is 2.24. The van der Waals surface area contributed by atoms with Gasteiger partial charge in [-0.2, -0.15) is 0 Å². The Bertz CT molecular complexity index is 251. The summed E-state index contributed by atoms with van der Waals surface area (Å²) in [6.07, 6.45) is 6.92. The van der Waals surface area contributed by atoms with E-state index in [0.29, 0.717) is 0 Å². The Hall–Kier alpha value is -1.32. The lowest BCUT2D eigenvalue weighted by Gasteiger charge is -2.10. The molecule has 1 saturated carbocycles. The zero-order valence-corrected chi connectivity index (χ0v) is 8.90. The minimum Gasteiger partial charge on any atom is -0.460 e. The summed E-state index contributed by atoms with van der Waals surface area (Å²) in [5.41, 5.74) is 0. The van der Waals surface area contributed by atoms with E-state index in [1.54, 1.807) is 13.0 Å². The van der Waals surface area contributed by atoms with Crippen LogP contribution >= 0.6 is 0 Å². The van der Waals surface area contributed by atoms with Crippen molar-refractivity contribution in [3.05, 3.63) is 12.2 Å². The molecule has 0 aromatic rings. The largest absolute Gasteiger partial charge is 0.460 e. The van der Waals surface area contributed by atoms with Gasteiger partial charge in [0.1, 0.15) is 6.10 Å². The summed E-state index contributed by atoms with van der Waals surface area (Å²) in [5.74, 6) is -0.972. The van der Waals surface area contributed by atoms with Crippen LogP contribution in [0.25, 0.3) is 0 Å². The average Bonchev–Trinajstić information content (AvgIpc) is 2.68.